The number of urea groups is 1. The lowest BCUT2D eigenvalue weighted by molar-refractivity contribution is 0.262. The highest BCUT2D eigenvalue weighted by molar-refractivity contribution is 5.99. The van der Waals surface area contributed by atoms with Crippen LogP contribution in [0.4, 0.5) is 20.6 Å². The molecule has 1 heterocycles. The lowest BCUT2D eigenvalue weighted by atomic mass is 10.3. The number of aromatic hydroxyl groups is 1. The van der Waals surface area contributed by atoms with Gasteiger partial charge in [0.05, 0.1) is 18.1 Å². The molecule has 1 aromatic carbocycles. The Kier molecular flexibility index (Phi) is 3.38. The van der Waals surface area contributed by atoms with Gasteiger partial charge in [0.1, 0.15) is 11.6 Å². The van der Waals surface area contributed by atoms with Crippen molar-refractivity contribution < 1.29 is 14.3 Å². The number of nitrogens with one attached hydrogen (secondary N) is 2. The lowest BCUT2D eigenvalue weighted by Crippen LogP contribution is -2.19. The first kappa shape index (κ1) is 11.8. The van der Waals surface area contributed by atoms with Crippen LogP contribution in [0.25, 0.3) is 0 Å². The fraction of sp³-hybridized carbons (Fsp3) is 0. The number of amides is 2. The molecule has 0 fully saturated rings. The highest BCUT2D eigenvalue weighted by Gasteiger charge is 2.03. The minimum atomic E-state index is -0.530. The maximum Gasteiger partial charge on any atom is 0.323 e. The average Bonchev–Trinajstić information content (AvgIpc) is 2.32. The summed E-state index contributed by atoms with van der Waals surface area (Å²) in [6.07, 6.45) is 2.38. The molecule has 0 aliphatic carbocycles. The summed E-state index contributed by atoms with van der Waals surface area (Å²) in [6, 6.07) is 6.60. The van der Waals surface area contributed by atoms with E-state index in [1.165, 1.54) is 18.3 Å². The molecule has 0 unspecified atom stereocenters. The second kappa shape index (κ2) is 5.13. The number of nitrogens with zero attached hydrogens (tertiary/aromatic N) is 1. The van der Waals surface area contributed by atoms with E-state index in [4.69, 9.17) is 5.11 Å². The minimum absolute atomic E-state index is 0.107. The van der Waals surface area contributed by atoms with Crippen molar-refractivity contribution in [2.24, 2.45) is 0 Å². The Morgan fingerprint density at radius 3 is 2.44 bits per heavy atom. The second-order valence-corrected chi connectivity index (χ2v) is 3.52. The molecule has 0 saturated carbocycles. The summed E-state index contributed by atoms with van der Waals surface area (Å²) >= 11 is 0. The van der Waals surface area contributed by atoms with Gasteiger partial charge in [-0.15, -0.1) is 0 Å². The van der Waals surface area contributed by atoms with E-state index in [0.717, 1.165) is 12.3 Å². The van der Waals surface area contributed by atoms with E-state index in [9.17, 15) is 9.18 Å². The van der Waals surface area contributed by atoms with Gasteiger partial charge in [-0.05, 0) is 24.3 Å². The summed E-state index contributed by atoms with van der Waals surface area (Å²) in [4.78, 5) is 15.1. The molecule has 5 nitrogen and oxygen atoms in total. The average molecular weight is 247 g/mol. The molecule has 92 valence electrons. The Labute approximate surface area is 102 Å². The molecule has 0 radical (unpaired) electrons. The molecule has 3 N–H and O–H groups in total. The number of halogens is 1. The zero-order valence-corrected chi connectivity index (χ0v) is 9.22. The van der Waals surface area contributed by atoms with Crippen molar-refractivity contribution in [1.82, 2.24) is 4.98 Å². The Hall–Kier alpha value is -2.63. The maximum absolute atomic E-state index is 12.8. The number of phenolic OH excluding ortho intramolecular Hbond substituents is 1. The van der Waals surface area contributed by atoms with E-state index < -0.39 is 11.8 Å². The fourth-order valence-electron chi connectivity index (χ4n) is 1.32. The van der Waals surface area contributed by atoms with Crippen molar-refractivity contribution in [3.05, 3.63) is 48.5 Å². The smallest absolute Gasteiger partial charge is 0.323 e. The van der Waals surface area contributed by atoms with Crippen LogP contribution in [0, 0.1) is 5.82 Å². The van der Waals surface area contributed by atoms with E-state index in [1.54, 1.807) is 12.1 Å². The van der Waals surface area contributed by atoms with Gasteiger partial charge in [0.2, 0.25) is 0 Å². The number of rotatable bonds is 2. The zero-order valence-electron chi connectivity index (χ0n) is 9.22. The Morgan fingerprint density at radius 2 is 1.78 bits per heavy atom. The third kappa shape index (κ3) is 3.18. The number of carbonyl (C=O) groups excluding carboxylic acids is 1. The molecule has 2 amide bonds. The molecule has 2 rings (SSSR count). The van der Waals surface area contributed by atoms with Crippen molar-refractivity contribution in [3.63, 3.8) is 0 Å². The van der Waals surface area contributed by atoms with Gasteiger partial charge in [0.25, 0.3) is 0 Å². The summed E-state index contributed by atoms with van der Waals surface area (Å²) < 4.78 is 12.8. The van der Waals surface area contributed by atoms with E-state index in [1.807, 2.05) is 0 Å². The lowest BCUT2D eigenvalue weighted by Gasteiger charge is -2.07. The molecule has 6 heteroatoms. The number of carbonyl (C=O) groups is 1. The van der Waals surface area contributed by atoms with Crippen LogP contribution >= 0.6 is 0 Å². The predicted octanol–water partition coefficient (Wildman–Crippen LogP) is 2.57. The molecule has 0 atom stereocenters. The first-order chi connectivity index (χ1) is 8.63. The quantitative estimate of drug-likeness (QED) is 0.714. The Balaban J connectivity index is 1.98. The molecule has 0 bridgehead atoms. The first-order valence-corrected chi connectivity index (χ1v) is 5.11. The fourth-order valence-corrected chi connectivity index (χ4v) is 1.32. The number of hydrogen-bond donors (Lipinski definition) is 3. The van der Waals surface area contributed by atoms with Crippen molar-refractivity contribution in [2.45, 2.75) is 0 Å². The van der Waals surface area contributed by atoms with Crippen LogP contribution in [-0.4, -0.2) is 16.1 Å². The molecular weight excluding hydrogens is 237 g/mol. The summed E-state index contributed by atoms with van der Waals surface area (Å²) in [5, 5.41) is 14.0. The maximum atomic E-state index is 12.8. The summed E-state index contributed by atoms with van der Waals surface area (Å²) in [6.45, 7) is 0. The summed E-state index contributed by atoms with van der Waals surface area (Å²) in [7, 11) is 0. The predicted molar refractivity (Wildman–Crippen MR) is 64.9 cm³/mol. The minimum Gasteiger partial charge on any atom is -0.508 e. The van der Waals surface area contributed by atoms with Crippen LogP contribution in [-0.2, 0) is 0 Å². The van der Waals surface area contributed by atoms with Gasteiger partial charge >= 0.3 is 6.03 Å². The summed E-state index contributed by atoms with van der Waals surface area (Å²) in [5.41, 5.74) is 0.765. The van der Waals surface area contributed by atoms with Gasteiger partial charge in [-0.1, -0.05) is 0 Å². The zero-order chi connectivity index (χ0) is 13.0. The molecular formula is C12H10FN3O2. The van der Waals surface area contributed by atoms with Gasteiger partial charge in [-0.2, -0.15) is 0 Å². The van der Waals surface area contributed by atoms with Crippen LogP contribution in [0.2, 0.25) is 0 Å². The van der Waals surface area contributed by atoms with E-state index in [0.29, 0.717) is 5.69 Å². The van der Waals surface area contributed by atoms with Gasteiger partial charge in [0.15, 0.2) is 0 Å². The van der Waals surface area contributed by atoms with Crippen molar-refractivity contribution in [1.29, 1.82) is 0 Å². The molecule has 0 aliphatic rings. The van der Waals surface area contributed by atoms with Crippen LogP contribution in [0.5, 0.6) is 5.75 Å². The van der Waals surface area contributed by atoms with Crippen LogP contribution in [0.15, 0.2) is 42.7 Å². The van der Waals surface area contributed by atoms with Crippen LogP contribution in [0.3, 0.4) is 0 Å². The van der Waals surface area contributed by atoms with E-state index >= 15 is 0 Å². The molecule has 2 aromatic rings. The number of benzene rings is 1. The van der Waals surface area contributed by atoms with Gasteiger partial charge < -0.3 is 15.7 Å². The highest BCUT2D eigenvalue weighted by atomic mass is 19.1. The standard InChI is InChI=1S/C12H10FN3O2/c13-8-5-10(7-14-6-8)16-12(18)15-9-1-3-11(17)4-2-9/h1-7,17H,(H2,15,16,18). The third-order valence-corrected chi connectivity index (χ3v) is 2.09. The molecule has 18 heavy (non-hydrogen) atoms. The Bertz CT molecular complexity index is 558. The highest BCUT2D eigenvalue weighted by Crippen LogP contribution is 2.14. The van der Waals surface area contributed by atoms with Crippen LogP contribution in [0.1, 0.15) is 0 Å². The largest absolute Gasteiger partial charge is 0.508 e. The van der Waals surface area contributed by atoms with Gasteiger partial charge in [-0.3, -0.25) is 4.98 Å². The van der Waals surface area contributed by atoms with E-state index in [-0.39, 0.29) is 11.4 Å². The molecule has 1 aromatic heterocycles. The number of pyridine rings is 1. The number of aromatic nitrogens is 1. The topological polar surface area (TPSA) is 74.2 Å². The van der Waals surface area contributed by atoms with E-state index in [2.05, 4.69) is 15.6 Å². The summed E-state index contributed by atoms with van der Waals surface area (Å²) in [5.74, 6) is -0.423. The molecule has 0 aliphatic heterocycles. The third-order valence-electron chi connectivity index (χ3n) is 2.09. The number of anilines is 2. The number of phenols is 1. The first-order valence-electron chi connectivity index (χ1n) is 5.11. The van der Waals surface area contributed by atoms with Gasteiger partial charge in [0, 0.05) is 11.8 Å². The normalized spacial score (nSPS) is 9.83. The second-order valence-electron chi connectivity index (χ2n) is 3.52. The molecule has 0 saturated heterocycles. The van der Waals surface area contributed by atoms with Crippen LogP contribution < -0.4 is 10.6 Å². The van der Waals surface area contributed by atoms with Crippen molar-refractivity contribution in [3.8, 4) is 5.75 Å². The van der Waals surface area contributed by atoms with Crippen molar-refractivity contribution in [2.75, 3.05) is 10.6 Å². The molecule has 0 spiro atoms. The number of hydrogen-bond acceptors (Lipinski definition) is 3. The SMILES string of the molecule is O=C(Nc1ccc(O)cc1)Nc1cncc(F)c1. The monoisotopic (exact) mass is 247 g/mol. The van der Waals surface area contributed by atoms with Crippen molar-refractivity contribution >= 4 is 17.4 Å². The van der Waals surface area contributed by atoms with Gasteiger partial charge in [-0.25, -0.2) is 9.18 Å². The Morgan fingerprint density at radius 1 is 1.11 bits per heavy atom.